The van der Waals surface area contributed by atoms with Gasteiger partial charge in [0.15, 0.2) is 0 Å². The average Bonchev–Trinajstić information content (AvgIpc) is 3.61. The number of rotatable bonds is 6. The number of anilines is 2. The number of carbonyl (C=O) groups is 1. The smallest absolute Gasteiger partial charge is 0.340 e. The topological polar surface area (TPSA) is 132 Å². The molecule has 3 aromatic rings. The molecule has 33 heavy (non-hydrogen) atoms. The lowest BCUT2D eigenvalue weighted by Crippen LogP contribution is -2.37. The Labute approximate surface area is 191 Å². The number of nitrogens with one attached hydrogen (secondary N) is 1. The summed E-state index contributed by atoms with van der Waals surface area (Å²) in [4.78, 5) is 25.8. The Balaban J connectivity index is 1.54. The zero-order valence-corrected chi connectivity index (χ0v) is 18.8. The van der Waals surface area contributed by atoms with Crippen molar-refractivity contribution < 1.29 is 19.4 Å². The summed E-state index contributed by atoms with van der Waals surface area (Å²) in [6, 6.07) is 5.30. The monoisotopic (exact) mass is 449 g/mol. The lowest BCUT2D eigenvalue weighted by Gasteiger charge is -2.27. The van der Waals surface area contributed by atoms with Crippen LogP contribution in [0.5, 0.6) is 5.88 Å². The number of nitrogens with zero attached hydrogens (tertiary/aromatic N) is 3. The molecule has 5 rings (SSSR count). The fourth-order valence-corrected chi connectivity index (χ4v) is 3.91. The molecule has 3 aromatic heterocycles. The highest BCUT2D eigenvalue weighted by molar-refractivity contribution is 5.93. The van der Waals surface area contributed by atoms with Crippen LogP contribution in [0, 0.1) is 0 Å². The Morgan fingerprint density at radius 1 is 1.21 bits per heavy atom. The highest BCUT2D eigenvalue weighted by Crippen LogP contribution is 2.36. The predicted octanol–water partition coefficient (Wildman–Crippen LogP) is 3.14. The fraction of sp³-hybridized carbons (Fsp3) is 0.417. The van der Waals surface area contributed by atoms with E-state index in [0.717, 1.165) is 23.6 Å². The largest absolute Gasteiger partial charge is 0.474 e. The summed E-state index contributed by atoms with van der Waals surface area (Å²) < 4.78 is 11.3. The molecule has 4 N–H and O–H groups in total. The fourth-order valence-electron chi connectivity index (χ4n) is 3.91. The van der Waals surface area contributed by atoms with Gasteiger partial charge in [-0.15, -0.1) is 0 Å². The van der Waals surface area contributed by atoms with Crippen LogP contribution in [0.15, 0.2) is 30.6 Å². The molecule has 9 heteroatoms. The third-order valence-electron chi connectivity index (χ3n) is 6.31. The van der Waals surface area contributed by atoms with E-state index in [1.165, 1.54) is 0 Å². The third kappa shape index (κ3) is 3.98. The number of esters is 1. The summed E-state index contributed by atoms with van der Waals surface area (Å²) in [6.45, 7) is 5.36. The molecule has 2 unspecified atom stereocenters. The molecule has 2 aliphatic rings. The molecule has 4 heterocycles. The van der Waals surface area contributed by atoms with Gasteiger partial charge in [0.25, 0.3) is 0 Å². The minimum absolute atomic E-state index is 0.0219. The standard InChI is InChI=1S/C24H27N5O4/c1-12-13(2)32-23(31)15-6-7-19(29-21(12)15)28-20-8-16-17(9-26-20)22(33-14-4-5-14)27-10-18(16)24(3,25)11-30/h6-10,12-14,30H,4-5,11,25H2,1-3H3,(H,26,28,29)/t12?,13?,24-/m0/s1. The van der Waals surface area contributed by atoms with Crippen molar-refractivity contribution in [1.29, 1.82) is 0 Å². The van der Waals surface area contributed by atoms with E-state index in [9.17, 15) is 9.90 Å². The molecule has 0 amide bonds. The van der Waals surface area contributed by atoms with Gasteiger partial charge in [-0.2, -0.15) is 0 Å². The second-order valence-corrected chi connectivity index (χ2v) is 9.14. The molecular formula is C24H27N5O4. The summed E-state index contributed by atoms with van der Waals surface area (Å²) in [5.74, 6) is 1.25. The van der Waals surface area contributed by atoms with Crippen molar-refractivity contribution in [3.8, 4) is 5.88 Å². The van der Waals surface area contributed by atoms with Crippen molar-refractivity contribution >= 4 is 28.4 Å². The molecule has 172 valence electrons. The molecular weight excluding hydrogens is 422 g/mol. The summed E-state index contributed by atoms with van der Waals surface area (Å²) in [5, 5.41) is 14.6. The van der Waals surface area contributed by atoms with E-state index in [0.29, 0.717) is 34.3 Å². The van der Waals surface area contributed by atoms with E-state index >= 15 is 0 Å². The maximum atomic E-state index is 12.2. The SMILES string of the molecule is CC1OC(=O)c2ccc(Nc3cc4c([C@@](C)(N)CO)cnc(OC5CC5)c4cn3)nc2C1C. The molecule has 0 bridgehead atoms. The number of hydrogen-bond donors (Lipinski definition) is 3. The second-order valence-electron chi connectivity index (χ2n) is 9.14. The lowest BCUT2D eigenvalue weighted by atomic mass is 9.91. The van der Waals surface area contributed by atoms with Gasteiger partial charge in [-0.3, -0.25) is 0 Å². The first-order chi connectivity index (χ1) is 15.8. The molecule has 1 saturated carbocycles. The van der Waals surface area contributed by atoms with Crippen molar-refractivity contribution in [3.05, 3.63) is 47.4 Å². The van der Waals surface area contributed by atoms with Crippen LogP contribution in [0.1, 0.15) is 61.1 Å². The minimum Gasteiger partial charge on any atom is -0.474 e. The molecule has 1 aliphatic heterocycles. The quantitative estimate of drug-likeness (QED) is 0.485. The molecule has 0 radical (unpaired) electrons. The van der Waals surface area contributed by atoms with Gasteiger partial charge in [-0.1, -0.05) is 6.92 Å². The number of pyridine rings is 3. The maximum Gasteiger partial charge on any atom is 0.340 e. The van der Waals surface area contributed by atoms with Crippen molar-refractivity contribution in [1.82, 2.24) is 15.0 Å². The van der Waals surface area contributed by atoms with Crippen molar-refractivity contribution in [3.63, 3.8) is 0 Å². The van der Waals surface area contributed by atoms with Crippen LogP contribution in [-0.2, 0) is 10.3 Å². The van der Waals surface area contributed by atoms with E-state index in [1.807, 2.05) is 19.9 Å². The van der Waals surface area contributed by atoms with Gasteiger partial charge < -0.3 is 25.6 Å². The molecule has 0 aromatic carbocycles. The van der Waals surface area contributed by atoms with E-state index < -0.39 is 5.54 Å². The van der Waals surface area contributed by atoms with E-state index in [2.05, 4.69) is 20.3 Å². The first kappa shape index (κ1) is 21.5. The second kappa shape index (κ2) is 7.93. The van der Waals surface area contributed by atoms with Gasteiger partial charge in [0.2, 0.25) is 5.88 Å². The van der Waals surface area contributed by atoms with Crippen LogP contribution in [0.3, 0.4) is 0 Å². The van der Waals surface area contributed by atoms with Crippen molar-refractivity contribution in [2.45, 2.75) is 57.3 Å². The molecule has 9 nitrogen and oxygen atoms in total. The summed E-state index contributed by atoms with van der Waals surface area (Å²) in [6.07, 6.45) is 5.32. The zero-order valence-electron chi connectivity index (χ0n) is 18.8. The van der Waals surface area contributed by atoms with Gasteiger partial charge in [0, 0.05) is 23.9 Å². The van der Waals surface area contributed by atoms with Crippen LogP contribution < -0.4 is 15.8 Å². The summed E-state index contributed by atoms with van der Waals surface area (Å²) >= 11 is 0. The first-order valence-corrected chi connectivity index (χ1v) is 11.1. The Morgan fingerprint density at radius 2 is 2.00 bits per heavy atom. The number of aliphatic hydroxyl groups is 1. The molecule has 3 atom stereocenters. The zero-order chi connectivity index (χ0) is 23.3. The van der Waals surface area contributed by atoms with Crippen molar-refractivity contribution in [2.24, 2.45) is 5.73 Å². The van der Waals surface area contributed by atoms with Crippen LogP contribution in [0.4, 0.5) is 11.6 Å². The van der Waals surface area contributed by atoms with E-state index in [1.54, 1.807) is 31.5 Å². The van der Waals surface area contributed by atoms with Crippen LogP contribution in [-0.4, -0.2) is 44.8 Å². The summed E-state index contributed by atoms with van der Waals surface area (Å²) in [7, 11) is 0. The maximum absolute atomic E-state index is 12.2. The molecule has 0 saturated heterocycles. The van der Waals surface area contributed by atoms with Crippen LogP contribution in [0.25, 0.3) is 10.8 Å². The number of aromatic nitrogens is 3. The molecule has 0 spiro atoms. The lowest BCUT2D eigenvalue weighted by molar-refractivity contribution is 0.0235. The van der Waals surface area contributed by atoms with Crippen LogP contribution >= 0.6 is 0 Å². The Kier molecular flexibility index (Phi) is 5.18. The Bertz CT molecular complexity index is 1240. The number of cyclic esters (lactones) is 1. The average molecular weight is 450 g/mol. The van der Waals surface area contributed by atoms with Gasteiger partial charge >= 0.3 is 5.97 Å². The van der Waals surface area contributed by atoms with E-state index in [4.69, 9.17) is 15.2 Å². The number of nitrogens with two attached hydrogens (primary N) is 1. The van der Waals surface area contributed by atoms with Gasteiger partial charge in [-0.25, -0.2) is 19.7 Å². The number of fused-ring (bicyclic) bond motifs is 2. The highest BCUT2D eigenvalue weighted by atomic mass is 16.5. The van der Waals surface area contributed by atoms with Crippen LogP contribution in [0.2, 0.25) is 0 Å². The molecule has 1 aliphatic carbocycles. The first-order valence-electron chi connectivity index (χ1n) is 11.1. The van der Waals surface area contributed by atoms with Crippen molar-refractivity contribution in [2.75, 3.05) is 11.9 Å². The number of hydrogen-bond acceptors (Lipinski definition) is 9. The Hall–Kier alpha value is -3.30. The van der Waals surface area contributed by atoms with Gasteiger partial charge in [-0.05, 0) is 50.3 Å². The van der Waals surface area contributed by atoms with E-state index in [-0.39, 0.29) is 30.7 Å². The number of carbonyl (C=O) groups excluding carboxylic acids is 1. The minimum atomic E-state index is -0.988. The van der Waals surface area contributed by atoms with Gasteiger partial charge in [0.05, 0.1) is 28.8 Å². The Morgan fingerprint density at radius 3 is 2.73 bits per heavy atom. The summed E-state index contributed by atoms with van der Waals surface area (Å²) in [5.41, 5.74) is 7.24. The number of aliphatic hydroxyl groups excluding tert-OH is 1. The van der Waals surface area contributed by atoms with Gasteiger partial charge in [0.1, 0.15) is 23.8 Å². The molecule has 1 fully saturated rings. The normalized spacial score (nSPS) is 21.8. The predicted molar refractivity (Wildman–Crippen MR) is 123 cm³/mol. The highest BCUT2D eigenvalue weighted by Gasteiger charge is 2.32. The number of ether oxygens (including phenoxy) is 2. The third-order valence-corrected chi connectivity index (χ3v) is 6.31.